The molecule has 0 radical (unpaired) electrons. The average Bonchev–Trinajstić information content (AvgIpc) is 1.67. The van der Waals surface area contributed by atoms with Crippen LogP contribution in [0.1, 0.15) is 33.6 Å². The van der Waals surface area contributed by atoms with Crippen LogP contribution in [0.4, 0.5) is 4.39 Å². The van der Waals surface area contributed by atoms with E-state index >= 15 is 0 Å². The predicted molar refractivity (Wildman–Crippen MR) is 34.7 cm³/mol. The Morgan fingerprint density at radius 2 is 1.88 bits per heavy atom. The van der Waals surface area contributed by atoms with E-state index in [1.807, 2.05) is 13.8 Å². The van der Waals surface area contributed by atoms with Crippen molar-refractivity contribution in [2.24, 2.45) is 5.41 Å². The van der Waals surface area contributed by atoms with Gasteiger partial charge in [0.15, 0.2) is 0 Å². The third-order valence-corrected chi connectivity index (χ3v) is 1.29. The molecule has 0 saturated heterocycles. The highest BCUT2D eigenvalue weighted by atomic mass is 19.1. The van der Waals surface area contributed by atoms with Gasteiger partial charge in [-0.2, -0.15) is 0 Å². The molecule has 0 spiro atoms. The second-order valence-corrected chi connectivity index (χ2v) is 3.05. The zero-order valence-corrected chi connectivity index (χ0v) is 6.00. The van der Waals surface area contributed by atoms with E-state index in [2.05, 4.69) is 6.92 Å². The van der Waals surface area contributed by atoms with Crippen LogP contribution in [0.5, 0.6) is 0 Å². The summed E-state index contributed by atoms with van der Waals surface area (Å²) in [6.07, 6.45) is 2.07. The number of hydrogen-bond donors (Lipinski definition) is 0. The SMILES string of the molecule is CCCC(C)(C)CF. The van der Waals surface area contributed by atoms with Gasteiger partial charge < -0.3 is 0 Å². The lowest BCUT2D eigenvalue weighted by atomic mass is 9.90. The lowest BCUT2D eigenvalue weighted by molar-refractivity contribution is 0.238. The highest BCUT2D eigenvalue weighted by Crippen LogP contribution is 2.21. The van der Waals surface area contributed by atoms with Crippen molar-refractivity contribution < 1.29 is 4.39 Å². The fraction of sp³-hybridized carbons (Fsp3) is 1.00. The average molecular weight is 118 g/mol. The Bertz CT molecular complexity index is 57.4. The second-order valence-electron chi connectivity index (χ2n) is 3.05. The minimum absolute atomic E-state index is 0.0747. The van der Waals surface area contributed by atoms with E-state index in [0.29, 0.717) is 0 Å². The molecule has 0 bridgehead atoms. The fourth-order valence-electron chi connectivity index (χ4n) is 0.744. The van der Waals surface area contributed by atoms with Crippen LogP contribution >= 0.6 is 0 Å². The fourth-order valence-corrected chi connectivity index (χ4v) is 0.744. The third kappa shape index (κ3) is 3.00. The summed E-state index contributed by atoms with van der Waals surface area (Å²) in [7, 11) is 0. The van der Waals surface area contributed by atoms with Crippen LogP contribution in [0, 0.1) is 5.41 Å². The molecule has 0 rings (SSSR count). The van der Waals surface area contributed by atoms with Gasteiger partial charge in [0.2, 0.25) is 0 Å². The summed E-state index contributed by atoms with van der Waals surface area (Å²) >= 11 is 0. The van der Waals surface area contributed by atoms with Crippen molar-refractivity contribution in [3.63, 3.8) is 0 Å². The van der Waals surface area contributed by atoms with Crippen LogP contribution in [-0.4, -0.2) is 6.67 Å². The molecule has 0 aliphatic rings. The van der Waals surface area contributed by atoms with Gasteiger partial charge in [-0.25, -0.2) is 0 Å². The maximum Gasteiger partial charge on any atom is 0.0945 e. The van der Waals surface area contributed by atoms with E-state index in [1.165, 1.54) is 0 Å². The van der Waals surface area contributed by atoms with Crippen molar-refractivity contribution in [3.05, 3.63) is 0 Å². The smallest absolute Gasteiger partial charge is 0.0945 e. The molecule has 0 amide bonds. The summed E-state index contributed by atoms with van der Waals surface area (Å²) in [6.45, 7) is 5.80. The van der Waals surface area contributed by atoms with Gasteiger partial charge in [0.05, 0.1) is 6.67 Å². The molecule has 0 unspecified atom stereocenters. The first kappa shape index (κ1) is 7.93. The van der Waals surface area contributed by atoms with E-state index in [0.717, 1.165) is 12.8 Å². The highest BCUT2D eigenvalue weighted by Gasteiger charge is 2.14. The molecule has 0 aromatic rings. The predicted octanol–water partition coefficient (Wildman–Crippen LogP) is 2.78. The van der Waals surface area contributed by atoms with Crippen LogP contribution in [-0.2, 0) is 0 Å². The Kier molecular flexibility index (Phi) is 3.03. The van der Waals surface area contributed by atoms with Crippen LogP contribution in [0.25, 0.3) is 0 Å². The quantitative estimate of drug-likeness (QED) is 0.534. The van der Waals surface area contributed by atoms with Gasteiger partial charge in [0, 0.05) is 0 Å². The van der Waals surface area contributed by atoms with Gasteiger partial charge in [0.25, 0.3) is 0 Å². The minimum Gasteiger partial charge on any atom is -0.251 e. The molecule has 1 heteroatoms. The molecular weight excluding hydrogens is 103 g/mol. The first-order valence-corrected chi connectivity index (χ1v) is 3.18. The number of rotatable bonds is 3. The maximum absolute atomic E-state index is 12.0. The first-order chi connectivity index (χ1) is 3.62. The molecule has 0 aromatic carbocycles. The standard InChI is InChI=1S/C7H15F/c1-4-5-7(2,3)6-8/h4-6H2,1-3H3. The molecule has 0 aliphatic heterocycles. The number of alkyl halides is 1. The molecule has 0 atom stereocenters. The van der Waals surface area contributed by atoms with E-state index in [4.69, 9.17) is 0 Å². The minimum atomic E-state index is -0.194. The van der Waals surface area contributed by atoms with Crippen molar-refractivity contribution in [1.29, 1.82) is 0 Å². The zero-order chi connectivity index (χ0) is 6.62. The lowest BCUT2D eigenvalue weighted by Gasteiger charge is -2.18. The van der Waals surface area contributed by atoms with Crippen molar-refractivity contribution >= 4 is 0 Å². The number of hydrogen-bond acceptors (Lipinski definition) is 0. The van der Waals surface area contributed by atoms with Gasteiger partial charge in [-0.15, -0.1) is 0 Å². The normalized spacial score (nSPS) is 12.0. The van der Waals surface area contributed by atoms with Crippen LogP contribution < -0.4 is 0 Å². The van der Waals surface area contributed by atoms with E-state index < -0.39 is 0 Å². The molecule has 0 heterocycles. The molecule has 0 aliphatic carbocycles. The maximum atomic E-state index is 12.0. The Hall–Kier alpha value is -0.0700. The molecule has 50 valence electrons. The summed E-state index contributed by atoms with van der Waals surface area (Å²) in [4.78, 5) is 0. The Labute approximate surface area is 51.1 Å². The first-order valence-electron chi connectivity index (χ1n) is 3.18. The topological polar surface area (TPSA) is 0 Å². The monoisotopic (exact) mass is 118 g/mol. The highest BCUT2D eigenvalue weighted by molar-refractivity contribution is 4.64. The summed E-state index contributed by atoms with van der Waals surface area (Å²) in [5.74, 6) is 0. The zero-order valence-electron chi connectivity index (χ0n) is 6.00. The van der Waals surface area contributed by atoms with Gasteiger partial charge in [-0.05, 0) is 11.8 Å². The summed E-state index contributed by atoms with van der Waals surface area (Å²) in [5, 5.41) is 0. The van der Waals surface area contributed by atoms with Crippen molar-refractivity contribution in [3.8, 4) is 0 Å². The van der Waals surface area contributed by atoms with Gasteiger partial charge in [-0.1, -0.05) is 27.2 Å². The third-order valence-electron chi connectivity index (χ3n) is 1.29. The molecule has 0 saturated carbocycles. The summed E-state index contributed by atoms with van der Waals surface area (Å²) in [6, 6.07) is 0. The summed E-state index contributed by atoms with van der Waals surface area (Å²) in [5.41, 5.74) is -0.0747. The molecule has 0 nitrogen and oxygen atoms in total. The van der Waals surface area contributed by atoms with Crippen LogP contribution in [0.2, 0.25) is 0 Å². The van der Waals surface area contributed by atoms with Gasteiger partial charge in [-0.3, -0.25) is 4.39 Å². The van der Waals surface area contributed by atoms with E-state index in [9.17, 15) is 4.39 Å². The molecule has 0 N–H and O–H groups in total. The molecular formula is C7H15F. The Morgan fingerprint density at radius 1 is 1.38 bits per heavy atom. The van der Waals surface area contributed by atoms with Crippen molar-refractivity contribution in [1.82, 2.24) is 0 Å². The van der Waals surface area contributed by atoms with E-state index in [-0.39, 0.29) is 12.1 Å². The lowest BCUT2D eigenvalue weighted by Crippen LogP contribution is -2.12. The van der Waals surface area contributed by atoms with Crippen LogP contribution in [0.3, 0.4) is 0 Å². The van der Waals surface area contributed by atoms with E-state index in [1.54, 1.807) is 0 Å². The number of halogens is 1. The van der Waals surface area contributed by atoms with Gasteiger partial charge in [0.1, 0.15) is 0 Å². The molecule has 0 aromatic heterocycles. The largest absolute Gasteiger partial charge is 0.251 e. The molecule has 0 fully saturated rings. The van der Waals surface area contributed by atoms with Crippen molar-refractivity contribution in [2.45, 2.75) is 33.6 Å². The summed E-state index contributed by atoms with van der Waals surface area (Å²) < 4.78 is 12.0. The second kappa shape index (κ2) is 3.06. The van der Waals surface area contributed by atoms with Crippen molar-refractivity contribution in [2.75, 3.05) is 6.67 Å². The van der Waals surface area contributed by atoms with Gasteiger partial charge >= 0.3 is 0 Å². The molecule has 8 heavy (non-hydrogen) atoms. The Morgan fingerprint density at radius 3 is 2.00 bits per heavy atom. The Balaban J connectivity index is 3.37. The van der Waals surface area contributed by atoms with Crippen LogP contribution in [0.15, 0.2) is 0 Å².